The summed E-state index contributed by atoms with van der Waals surface area (Å²) in [6, 6.07) is 10.1. The number of ether oxygens (including phenoxy) is 1. The number of nitrogens with one attached hydrogen (secondary N) is 1. The van der Waals surface area contributed by atoms with Crippen LogP contribution in [0.5, 0.6) is 0 Å². The average molecular weight is 355 g/mol. The number of hydrogen-bond acceptors (Lipinski definition) is 5. The Kier molecular flexibility index (Phi) is 6.84. The molecule has 0 atom stereocenters. The zero-order chi connectivity index (χ0) is 18.9. The fourth-order valence-electron chi connectivity index (χ4n) is 2.36. The Morgan fingerprint density at radius 1 is 1.12 bits per heavy atom. The number of para-hydroxylation sites is 1. The van der Waals surface area contributed by atoms with Gasteiger partial charge in [-0.25, -0.2) is 4.79 Å². The Morgan fingerprint density at radius 2 is 1.81 bits per heavy atom. The van der Waals surface area contributed by atoms with Crippen molar-refractivity contribution in [3.63, 3.8) is 0 Å². The molecule has 0 unspecified atom stereocenters. The van der Waals surface area contributed by atoms with Gasteiger partial charge in [0.15, 0.2) is 0 Å². The minimum atomic E-state index is -0.536. The number of nitrogens with zero attached hydrogens (tertiary/aromatic N) is 2. The van der Waals surface area contributed by atoms with Crippen molar-refractivity contribution in [1.29, 1.82) is 0 Å². The second kappa shape index (κ2) is 9.31. The number of carbonyl (C=O) groups is 3. The lowest BCUT2D eigenvalue weighted by Gasteiger charge is -2.23. The monoisotopic (exact) mass is 355 g/mol. The standard InChI is InChI=1S/C19H21N3O4/c1-3-26-19(25)16-6-4-5-7-17(16)22(14(2)23)13-18(24)21-12-15-8-10-20-11-9-15/h4-11H,3,12-13H2,1-2H3,(H,21,24). The molecule has 0 aliphatic heterocycles. The number of amides is 2. The number of anilines is 1. The summed E-state index contributed by atoms with van der Waals surface area (Å²) in [7, 11) is 0. The third kappa shape index (κ3) is 5.14. The Bertz CT molecular complexity index is 777. The molecular formula is C19H21N3O4. The molecule has 0 radical (unpaired) electrons. The largest absolute Gasteiger partial charge is 0.462 e. The van der Waals surface area contributed by atoms with E-state index in [1.807, 2.05) is 0 Å². The van der Waals surface area contributed by atoms with Crippen LogP contribution in [0.2, 0.25) is 0 Å². The van der Waals surface area contributed by atoms with E-state index in [1.165, 1.54) is 11.8 Å². The predicted octanol–water partition coefficient (Wildman–Crippen LogP) is 1.93. The summed E-state index contributed by atoms with van der Waals surface area (Å²) in [5, 5.41) is 2.75. The van der Waals surface area contributed by atoms with Gasteiger partial charge in [0.25, 0.3) is 0 Å². The fraction of sp³-hybridized carbons (Fsp3) is 0.263. The molecule has 136 valence electrons. The highest BCUT2D eigenvalue weighted by molar-refractivity contribution is 6.04. The van der Waals surface area contributed by atoms with E-state index in [9.17, 15) is 14.4 Å². The van der Waals surface area contributed by atoms with Crippen LogP contribution in [-0.2, 0) is 20.9 Å². The van der Waals surface area contributed by atoms with Crippen LogP contribution >= 0.6 is 0 Å². The van der Waals surface area contributed by atoms with Gasteiger partial charge in [0.05, 0.1) is 17.9 Å². The molecule has 0 fully saturated rings. The first-order valence-corrected chi connectivity index (χ1v) is 8.22. The fourth-order valence-corrected chi connectivity index (χ4v) is 2.36. The van der Waals surface area contributed by atoms with Crippen molar-refractivity contribution < 1.29 is 19.1 Å². The summed E-state index contributed by atoms with van der Waals surface area (Å²) < 4.78 is 5.03. The Hall–Kier alpha value is -3.22. The highest BCUT2D eigenvalue weighted by Crippen LogP contribution is 2.21. The quantitative estimate of drug-likeness (QED) is 0.767. The van der Waals surface area contributed by atoms with Gasteiger partial charge in [0.1, 0.15) is 6.54 Å². The third-order valence-electron chi connectivity index (χ3n) is 3.61. The van der Waals surface area contributed by atoms with E-state index in [0.717, 1.165) is 5.56 Å². The van der Waals surface area contributed by atoms with Crippen LogP contribution in [0.4, 0.5) is 5.69 Å². The molecular weight excluding hydrogens is 334 g/mol. The van der Waals surface area contributed by atoms with E-state index in [0.29, 0.717) is 12.2 Å². The summed E-state index contributed by atoms with van der Waals surface area (Å²) in [5.41, 5.74) is 1.48. The first-order chi connectivity index (χ1) is 12.5. The summed E-state index contributed by atoms with van der Waals surface area (Å²) in [4.78, 5) is 41.6. The molecule has 26 heavy (non-hydrogen) atoms. The highest BCUT2D eigenvalue weighted by atomic mass is 16.5. The summed E-state index contributed by atoms with van der Waals surface area (Å²) in [5.74, 6) is -1.22. The normalized spacial score (nSPS) is 10.1. The minimum absolute atomic E-state index is 0.198. The summed E-state index contributed by atoms with van der Waals surface area (Å²) in [6.45, 7) is 3.40. The van der Waals surface area contributed by atoms with Crippen molar-refractivity contribution >= 4 is 23.5 Å². The maximum atomic E-state index is 12.3. The van der Waals surface area contributed by atoms with Crippen LogP contribution < -0.4 is 10.2 Å². The number of esters is 1. The molecule has 1 N–H and O–H groups in total. The molecule has 0 spiro atoms. The van der Waals surface area contributed by atoms with Crippen molar-refractivity contribution in [1.82, 2.24) is 10.3 Å². The van der Waals surface area contributed by atoms with E-state index in [4.69, 9.17) is 4.74 Å². The molecule has 0 saturated heterocycles. The van der Waals surface area contributed by atoms with Gasteiger partial charge in [-0.1, -0.05) is 12.1 Å². The van der Waals surface area contributed by atoms with Crippen LogP contribution in [0.15, 0.2) is 48.8 Å². The molecule has 1 aromatic carbocycles. The first kappa shape index (κ1) is 19.1. The number of pyridine rings is 1. The first-order valence-electron chi connectivity index (χ1n) is 8.22. The number of benzene rings is 1. The van der Waals surface area contributed by atoms with E-state index in [1.54, 1.807) is 55.7 Å². The molecule has 2 amide bonds. The molecule has 0 saturated carbocycles. The topological polar surface area (TPSA) is 88.6 Å². The second-order valence-electron chi connectivity index (χ2n) is 5.47. The van der Waals surface area contributed by atoms with Crippen LogP contribution in [0.1, 0.15) is 29.8 Å². The van der Waals surface area contributed by atoms with Crippen molar-refractivity contribution in [2.24, 2.45) is 0 Å². The van der Waals surface area contributed by atoms with E-state index >= 15 is 0 Å². The Balaban J connectivity index is 2.13. The minimum Gasteiger partial charge on any atom is -0.462 e. The van der Waals surface area contributed by atoms with Gasteiger partial charge in [0, 0.05) is 25.9 Å². The molecule has 7 heteroatoms. The van der Waals surface area contributed by atoms with E-state index in [-0.39, 0.29) is 30.5 Å². The van der Waals surface area contributed by atoms with Crippen LogP contribution in [0, 0.1) is 0 Å². The van der Waals surface area contributed by atoms with Crippen molar-refractivity contribution in [3.05, 3.63) is 59.9 Å². The Labute approximate surface area is 152 Å². The third-order valence-corrected chi connectivity index (χ3v) is 3.61. The van der Waals surface area contributed by atoms with Gasteiger partial charge < -0.3 is 15.0 Å². The number of carbonyl (C=O) groups excluding carboxylic acids is 3. The maximum absolute atomic E-state index is 12.3. The van der Waals surface area contributed by atoms with Crippen molar-refractivity contribution in [3.8, 4) is 0 Å². The molecule has 2 rings (SSSR count). The molecule has 0 bridgehead atoms. The number of hydrogen-bond donors (Lipinski definition) is 1. The average Bonchev–Trinajstić information content (AvgIpc) is 2.65. The zero-order valence-electron chi connectivity index (χ0n) is 14.8. The molecule has 1 aromatic heterocycles. The zero-order valence-corrected chi connectivity index (χ0v) is 14.8. The van der Waals surface area contributed by atoms with Gasteiger partial charge in [-0.3, -0.25) is 14.6 Å². The van der Waals surface area contributed by atoms with Crippen molar-refractivity contribution in [2.75, 3.05) is 18.1 Å². The molecule has 7 nitrogen and oxygen atoms in total. The van der Waals surface area contributed by atoms with Crippen molar-refractivity contribution in [2.45, 2.75) is 20.4 Å². The molecule has 2 aromatic rings. The molecule has 0 aliphatic rings. The van der Waals surface area contributed by atoms with E-state index < -0.39 is 5.97 Å². The Morgan fingerprint density at radius 3 is 2.46 bits per heavy atom. The van der Waals surface area contributed by atoms with Gasteiger partial charge in [-0.2, -0.15) is 0 Å². The lowest BCUT2D eigenvalue weighted by atomic mass is 10.1. The molecule has 0 aliphatic carbocycles. The SMILES string of the molecule is CCOC(=O)c1ccccc1N(CC(=O)NCc1ccncc1)C(C)=O. The van der Waals surface area contributed by atoms with Crippen LogP contribution in [0.3, 0.4) is 0 Å². The van der Waals surface area contributed by atoms with Gasteiger partial charge >= 0.3 is 5.97 Å². The van der Waals surface area contributed by atoms with Gasteiger partial charge in [-0.05, 0) is 36.8 Å². The van der Waals surface area contributed by atoms with Gasteiger partial charge in [-0.15, -0.1) is 0 Å². The molecule has 1 heterocycles. The smallest absolute Gasteiger partial charge is 0.340 e. The van der Waals surface area contributed by atoms with E-state index in [2.05, 4.69) is 10.3 Å². The van der Waals surface area contributed by atoms with Gasteiger partial charge in [0.2, 0.25) is 11.8 Å². The highest BCUT2D eigenvalue weighted by Gasteiger charge is 2.22. The lowest BCUT2D eigenvalue weighted by molar-refractivity contribution is -0.123. The summed E-state index contributed by atoms with van der Waals surface area (Å²) in [6.07, 6.45) is 3.28. The van der Waals surface area contributed by atoms with Crippen LogP contribution in [0.25, 0.3) is 0 Å². The van der Waals surface area contributed by atoms with Crippen LogP contribution in [-0.4, -0.2) is 35.9 Å². The summed E-state index contributed by atoms with van der Waals surface area (Å²) >= 11 is 0. The lowest BCUT2D eigenvalue weighted by Crippen LogP contribution is -2.40. The maximum Gasteiger partial charge on any atom is 0.340 e. The second-order valence-corrected chi connectivity index (χ2v) is 5.47. The number of aromatic nitrogens is 1. The number of rotatable bonds is 7. The predicted molar refractivity (Wildman–Crippen MR) is 96.5 cm³/mol.